The summed E-state index contributed by atoms with van der Waals surface area (Å²) in [5, 5.41) is 10.4. The van der Waals surface area contributed by atoms with Gasteiger partial charge in [0, 0.05) is 23.0 Å². The van der Waals surface area contributed by atoms with Crippen LogP contribution in [0.1, 0.15) is 5.56 Å². The number of halogens is 1. The molecule has 1 rings (SSSR count). The smallest absolute Gasteiger partial charge is 0.258 e. The van der Waals surface area contributed by atoms with E-state index in [0.717, 1.165) is 5.56 Å². The van der Waals surface area contributed by atoms with Crippen LogP contribution in [0.4, 0.5) is 5.69 Å². The summed E-state index contributed by atoms with van der Waals surface area (Å²) in [5.41, 5.74) is 0.945. The summed E-state index contributed by atoms with van der Waals surface area (Å²) in [5.74, 6) is 2.47. The van der Waals surface area contributed by atoms with E-state index in [1.807, 2.05) is 0 Å². The zero-order valence-electron chi connectivity index (χ0n) is 6.66. The molecule has 13 heavy (non-hydrogen) atoms. The van der Waals surface area contributed by atoms with Crippen LogP contribution < -0.4 is 0 Å². The first-order valence-electron chi connectivity index (χ1n) is 3.51. The molecule has 3 nitrogen and oxygen atoms in total. The van der Waals surface area contributed by atoms with E-state index in [2.05, 4.69) is 21.9 Å². The maximum atomic E-state index is 10.4. The average molecular weight is 240 g/mol. The van der Waals surface area contributed by atoms with Crippen molar-refractivity contribution in [3.05, 3.63) is 38.3 Å². The lowest BCUT2D eigenvalue weighted by Gasteiger charge is -1.98. The van der Waals surface area contributed by atoms with Crippen LogP contribution in [0.2, 0.25) is 0 Å². The summed E-state index contributed by atoms with van der Waals surface area (Å²) in [6, 6.07) is 4.55. The van der Waals surface area contributed by atoms with Gasteiger partial charge in [-0.2, -0.15) is 0 Å². The molecule has 0 atom stereocenters. The third kappa shape index (κ3) is 2.30. The van der Waals surface area contributed by atoms with E-state index in [1.165, 1.54) is 12.1 Å². The number of terminal acetylenes is 1. The summed E-state index contributed by atoms with van der Waals surface area (Å²) in [6.07, 6.45) is 5.59. The van der Waals surface area contributed by atoms with Gasteiger partial charge in [-0.25, -0.2) is 0 Å². The van der Waals surface area contributed by atoms with Crippen LogP contribution in [0.5, 0.6) is 0 Å². The number of rotatable bonds is 2. The molecule has 0 aliphatic carbocycles. The molecule has 66 valence electrons. The molecule has 0 aromatic heterocycles. The Morgan fingerprint density at radius 1 is 1.62 bits per heavy atom. The molecule has 0 aliphatic rings. The van der Waals surface area contributed by atoms with E-state index in [0.29, 0.717) is 10.9 Å². The van der Waals surface area contributed by atoms with Crippen molar-refractivity contribution in [3.8, 4) is 12.3 Å². The van der Waals surface area contributed by atoms with Crippen LogP contribution in [-0.4, -0.2) is 4.92 Å². The van der Waals surface area contributed by atoms with E-state index in [-0.39, 0.29) is 5.69 Å². The Morgan fingerprint density at radius 3 is 2.77 bits per heavy atom. The van der Waals surface area contributed by atoms with Gasteiger partial charge >= 0.3 is 0 Å². The lowest BCUT2D eigenvalue weighted by Crippen LogP contribution is -1.90. The Bertz CT molecular complexity index is 382. The van der Waals surface area contributed by atoms with Gasteiger partial charge in [0.15, 0.2) is 0 Å². The molecule has 0 bridgehead atoms. The van der Waals surface area contributed by atoms with Gasteiger partial charge in [0.1, 0.15) is 0 Å². The van der Waals surface area contributed by atoms with E-state index in [4.69, 9.17) is 6.42 Å². The number of nitro benzene ring substituents is 1. The molecule has 1 aromatic rings. The number of hydrogen-bond donors (Lipinski definition) is 0. The molecule has 0 spiro atoms. The molecule has 0 unspecified atom stereocenters. The second-order valence-electron chi connectivity index (χ2n) is 2.41. The van der Waals surface area contributed by atoms with Gasteiger partial charge in [-0.05, 0) is 5.56 Å². The minimum Gasteiger partial charge on any atom is -0.258 e. The Kier molecular flexibility index (Phi) is 3.04. The maximum absolute atomic E-state index is 10.4. The van der Waals surface area contributed by atoms with Gasteiger partial charge in [0.25, 0.3) is 5.69 Å². The summed E-state index contributed by atoms with van der Waals surface area (Å²) in [7, 11) is 0. The molecular weight excluding hydrogens is 234 g/mol. The highest BCUT2D eigenvalue weighted by atomic mass is 79.9. The molecule has 0 heterocycles. The summed E-state index contributed by atoms with van der Waals surface area (Å²) in [4.78, 5) is 9.93. The standard InChI is InChI=1S/C9H6BrNO2/c1-2-3-7-4-5-8(11(12)13)6-9(7)10/h1,4-6H,3H2. The average Bonchev–Trinajstić information content (AvgIpc) is 2.08. The Morgan fingerprint density at radius 2 is 2.31 bits per heavy atom. The van der Waals surface area contributed by atoms with Crippen LogP contribution in [0, 0.1) is 22.5 Å². The van der Waals surface area contributed by atoms with Crippen LogP contribution in [-0.2, 0) is 6.42 Å². The number of nitro groups is 1. The van der Waals surface area contributed by atoms with Crippen molar-refractivity contribution in [3.63, 3.8) is 0 Å². The topological polar surface area (TPSA) is 43.1 Å². The zero-order valence-corrected chi connectivity index (χ0v) is 8.24. The quantitative estimate of drug-likeness (QED) is 0.453. The first-order chi connectivity index (χ1) is 6.15. The van der Waals surface area contributed by atoms with Gasteiger partial charge in [0.05, 0.1) is 4.92 Å². The van der Waals surface area contributed by atoms with E-state index in [1.54, 1.807) is 6.07 Å². The minimum absolute atomic E-state index is 0.0626. The predicted octanol–water partition coefficient (Wildman–Crippen LogP) is 2.53. The van der Waals surface area contributed by atoms with Crippen molar-refractivity contribution in [2.24, 2.45) is 0 Å². The second-order valence-corrected chi connectivity index (χ2v) is 3.27. The fraction of sp³-hybridized carbons (Fsp3) is 0.111. The molecule has 1 aromatic carbocycles. The molecular formula is C9H6BrNO2. The van der Waals surface area contributed by atoms with Gasteiger partial charge in [-0.1, -0.05) is 22.0 Å². The molecule has 0 saturated carbocycles. The fourth-order valence-corrected chi connectivity index (χ4v) is 1.41. The zero-order chi connectivity index (χ0) is 9.84. The van der Waals surface area contributed by atoms with Crippen LogP contribution in [0.15, 0.2) is 22.7 Å². The van der Waals surface area contributed by atoms with Gasteiger partial charge < -0.3 is 0 Å². The maximum Gasteiger partial charge on any atom is 0.270 e. The molecule has 0 fully saturated rings. The highest BCUT2D eigenvalue weighted by molar-refractivity contribution is 9.10. The largest absolute Gasteiger partial charge is 0.270 e. The van der Waals surface area contributed by atoms with Crippen molar-refractivity contribution in [1.82, 2.24) is 0 Å². The lowest BCUT2D eigenvalue weighted by atomic mass is 10.1. The van der Waals surface area contributed by atoms with Gasteiger partial charge in [0.2, 0.25) is 0 Å². The van der Waals surface area contributed by atoms with E-state index in [9.17, 15) is 10.1 Å². The van der Waals surface area contributed by atoms with Crippen LogP contribution in [0.25, 0.3) is 0 Å². The highest BCUT2D eigenvalue weighted by Gasteiger charge is 2.07. The molecule has 0 aliphatic heterocycles. The molecule has 0 saturated heterocycles. The summed E-state index contributed by atoms with van der Waals surface area (Å²) < 4.78 is 0.680. The fourth-order valence-electron chi connectivity index (χ4n) is 0.903. The molecule has 0 amide bonds. The number of nitrogens with zero attached hydrogens (tertiary/aromatic N) is 1. The minimum atomic E-state index is -0.440. The summed E-state index contributed by atoms with van der Waals surface area (Å²) in [6.45, 7) is 0. The van der Waals surface area contributed by atoms with Crippen molar-refractivity contribution in [2.75, 3.05) is 0 Å². The second kappa shape index (κ2) is 4.06. The van der Waals surface area contributed by atoms with Crippen molar-refractivity contribution in [1.29, 1.82) is 0 Å². The van der Waals surface area contributed by atoms with Crippen molar-refractivity contribution in [2.45, 2.75) is 6.42 Å². The van der Waals surface area contributed by atoms with E-state index < -0.39 is 4.92 Å². The monoisotopic (exact) mass is 239 g/mol. The third-order valence-corrected chi connectivity index (χ3v) is 2.28. The van der Waals surface area contributed by atoms with Crippen molar-refractivity contribution < 1.29 is 4.92 Å². The Hall–Kier alpha value is -1.34. The third-order valence-electron chi connectivity index (χ3n) is 1.54. The Balaban J connectivity index is 3.07. The summed E-state index contributed by atoms with van der Waals surface area (Å²) >= 11 is 3.22. The number of hydrogen-bond acceptors (Lipinski definition) is 2. The van der Waals surface area contributed by atoms with E-state index >= 15 is 0 Å². The van der Waals surface area contributed by atoms with Gasteiger partial charge in [-0.15, -0.1) is 12.3 Å². The van der Waals surface area contributed by atoms with Crippen LogP contribution in [0.3, 0.4) is 0 Å². The normalized spacial score (nSPS) is 9.23. The molecule has 4 heteroatoms. The van der Waals surface area contributed by atoms with Crippen LogP contribution >= 0.6 is 15.9 Å². The highest BCUT2D eigenvalue weighted by Crippen LogP contribution is 2.22. The van der Waals surface area contributed by atoms with Crippen molar-refractivity contribution >= 4 is 21.6 Å². The van der Waals surface area contributed by atoms with Gasteiger partial charge in [-0.3, -0.25) is 10.1 Å². The SMILES string of the molecule is C#CCc1ccc([N+](=O)[O-])cc1Br. The first kappa shape index (κ1) is 9.75. The first-order valence-corrected chi connectivity index (χ1v) is 4.30. The number of non-ortho nitro benzene ring substituents is 1. The molecule has 0 N–H and O–H groups in total. The molecule has 0 radical (unpaired) electrons. The Labute approximate surface area is 84.0 Å². The lowest BCUT2D eigenvalue weighted by molar-refractivity contribution is -0.384. The number of benzene rings is 1. The predicted molar refractivity (Wildman–Crippen MR) is 53.3 cm³/mol.